The van der Waals surface area contributed by atoms with E-state index in [-0.39, 0.29) is 0 Å². The fourth-order valence-electron chi connectivity index (χ4n) is 1.96. The van der Waals surface area contributed by atoms with Crippen molar-refractivity contribution < 1.29 is 44.1 Å². The molecule has 4 atom stereocenters. The molecule has 0 saturated carbocycles. The summed E-state index contributed by atoms with van der Waals surface area (Å²) in [4.78, 5) is 68.6. The second kappa shape index (κ2) is 11.5. The van der Waals surface area contributed by atoms with Gasteiger partial charge in [-0.2, -0.15) is 0 Å². The van der Waals surface area contributed by atoms with E-state index >= 15 is 0 Å². The van der Waals surface area contributed by atoms with Crippen molar-refractivity contribution in [3.63, 3.8) is 0 Å². The van der Waals surface area contributed by atoms with Crippen LogP contribution in [0.1, 0.15) is 19.8 Å². The number of carboxylic acids is 2. The number of amides is 4. The molecule has 10 N–H and O–H groups in total. The van der Waals surface area contributed by atoms with Crippen LogP contribution in [0, 0.1) is 0 Å². The van der Waals surface area contributed by atoms with Gasteiger partial charge >= 0.3 is 11.9 Å². The van der Waals surface area contributed by atoms with Crippen LogP contribution in [-0.2, 0) is 28.8 Å². The molecule has 0 rings (SSSR count). The summed E-state index contributed by atoms with van der Waals surface area (Å²) in [6, 6.07) is -5.04. The zero-order valence-corrected chi connectivity index (χ0v) is 14.9. The summed E-state index contributed by atoms with van der Waals surface area (Å²) >= 11 is 0. The normalized spacial score (nSPS) is 14.7. The molecule has 0 spiro atoms. The molecular weight excluding hydrogens is 382 g/mol. The second-order valence-electron chi connectivity index (χ2n) is 5.72. The quantitative estimate of drug-likeness (QED) is 0.154. The molecule has 14 heteroatoms. The van der Waals surface area contributed by atoms with Crippen LogP contribution in [0.2, 0.25) is 0 Å². The first kappa shape index (κ1) is 24.7. The summed E-state index contributed by atoms with van der Waals surface area (Å²) in [5.41, 5.74) is 10.1. The van der Waals surface area contributed by atoms with Gasteiger partial charge in [-0.1, -0.05) is 0 Å². The van der Waals surface area contributed by atoms with Crippen LogP contribution in [0.15, 0.2) is 0 Å². The minimum Gasteiger partial charge on any atom is -0.481 e. The van der Waals surface area contributed by atoms with E-state index < -0.39 is 79.2 Å². The van der Waals surface area contributed by atoms with Crippen molar-refractivity contribution in [3.05, 3.63) is 0 Å². The lowest BCUT2D eigenvalue weighted by molar-refractivity contribution is -0.148. The Bertz CT molecular complexity index is 637. The van der Waals surface area contributed by atoms with Crippen molar-refractivity contribution in [3.8, 4) is 0 Å². The molecule has 0 bridgehead atoms. The Balaban J connectivity index is 5.33. The number of carbonyl (C=O) groups excluding carboxylic acids is 4. The third-order valence-corrected chi connectivity index (χ3v) is 3.30. The van der Waals surface area contributed by atoms with Gasteiger partial charge in [-0.05, 0) is 6.92 Å². The van der Waals surface area contributed by atoms with Crippen molar-refractivity contribution in [2.45, 2.75) is 44.0 Å². The number of carboxylic acid groups (broad SMARTS) is 2. The average molecular weight is 405 g/mol. The first-order chi connectivity index (χ1) is 12.9. The Labute approximate surface area is 158 Å². The van der Waals surface area contributed by atoms with Gasteiger partial charge in [0, 0.05) is 0 Å². The largest absolute Gasteiger partial charge is 0.481 e. The van der Waals surface area contributed by atoms with Crippen LogP contribution in [0.3, 0.4) is 0 Å². The summed E-state index contributed by atoms with van der Waals surface area (Å²) in [6.45, 7) is 0.595. The minimum atomic E-state index is -1.82. The van der Waals surface area contributed by atoms with Gasteiger partial charge in [0.15, 0.2) is 0 Å². The Morgan fingerprint density at radius 1 is 0.893 bits per heavy atom. The number of aliphatic carboxylic acids is 2. The number of nitrogens with two attached hydrogens (primary N) is 2. The zero-order chi connectivity index (χ0) is 22.0. The number of hydrogen-bond donors (Lipinski definition) is 8. The molecule has 14 nitrogen and oxygen atoms in total. The van der Waals surface area contributed by atoms with Crippen LogP contribution in [0.25, 0.3) is 0 Å². The van der Waals surface area contributed by atoms with Gasteiger partial charge in [0.05, 0.1) is 25.5 Å². The molecule has 0 fully saturated rings. The summed E-state index contributed by atoms with van der Waals surface area (Å²) in [7, 11) is 0. The molecule has 0 aromatic heterocycles. The molecule has 158 valence electrons. The fourth-order valence-corrected chi connectivity index (χ4v) is 1.96. The molecule has 0 heterocycles. The fraction of sp³-hybridized carbons (Fsp3) is 0.571. The molecule has 0 aromatic rings. The van der Waals surface area contributed by atoms with E-state index in [0.717, 1.165) is 6.92 Å². The van der Waals surface area contributed by atoms with E-state index in [0.29, 0.717) is 0 Å². The molecule has 0 aliphatic rings. The van der Waals surface area contributed by atoms with E-state index in [4.69, 9.17) is 21.7 Å². The maximum absolute atomic E-state index is 12.3. The SMILES string of the molecule is CC(O)C(NC(=O)C(CC(N)=O)NC(=O)CN)C(=O)NC(CC(=O)O)C(=O)O. The van der Waals surface area contributed by atoms with Crippen LogP contribution < -0.4 is 27.4 Å². The lowest BCUT2D eigenvalue weighted by Crippen LogP contribution is -2.59. The van der Waals surface area contributed by atoms with E-state index in [2.05, 4.69) is 5.32 Å². The zero-order valence-electron chi connectivity index (χ0n) is 14.9. The third-order valence-electron chi connectivity index (χ3n) is 3.30. The van der Waals surface area contributed by atoms with E-state index in [9.17, 15) is 33.9 Å². The summed E-state index contributed by atoms with van der Waals surface area (Å²) in [6.07, 6.45) is -3.12. The molecule has 0 aromatic carbocycles. The highest BCUT2D eigenvalue weighted by Gasteiger charge is 2.33. The Kier molecular flexibility index (Phi) is 10.1. The molecule has 4 amide bonds. The first-order valence-corrected chi connectivity index (χ1v) is 7.90. The van der Waals surface area contributed by atoms with Crippen LogP contribution in [0.4, 0.5) is 0 Å². The van der Waals surface area contributed by atoms with Crippen molar-refractivity contribution in [1.82, 2.24) is 16.0 Å². The minimum absolute atomic E-state index is 0.502. The summed E-state index contributed by atoms with van der Waals surface area (Å²) in [5.74, 6) is -7.17. The summed E-state index contributed by atoms with van der Waals surface area (Å²) in [5, 5.41) is 33.4. The highest BCUT2D eigenvalue weighted by molar-refractivity contribution is 5.96. The Hall–Kier alpha value is -3.26. The van der Waals surface area contributed by atoms with Gasteiger partial charge < -0.3 is 42.7 Å². The highest BCUT2D eigenvalue weighted by atomic mass is 16.4. The van der Waals surface area contributed by atoms with Crippen LogP contribution in [0.5, 0.6) is 0 Å². The number of aliphatic hydroxyl groups excluding tert-OH is 1. The van der Waals surface area contributed by atoms with Crippen molar-refractivity contribution in [1.29, 1.82) is 0 Å². The number of aliphatic hydroxyl groups is 1. The number of hydrogen-bond acceptors (Lipinski definition) is 8. The molecule has 0 radical (unpaired) electrons. The Morgan fingerprint density at radius 3 is 1.86 bits per heavy atom. The predicted octanol–water partition coefficient (Wildman–Crippen LogP) is -4.78. The standard InChI is InChI=1S/C14H23N5O9/c1-5(20)11(13(26)18-7(14(27)28)3-10(23)24)19-12(25)6(2-8(16)21)17-9(22)4-15/h5-7,11,20H,2-4,15H2,1H3,(H2,16,21)(H,17,22)(H,18,26)(H,19,25)(H,23,24)(H,27,28). The van der Waals surface area contributed by atoms with Gasteiger partial charge in [0.2, 0.25) is 23.6 Å². The topological polar surface area (TPSA) is 251 Å². The average Bonchev–Trinajstić information content (AvgIpc) is 2.56. The van der Waals surface area contributed by atoms with E-state index in [1.54, 1.807) is 0 Å². The maximum atomic E-state index is 12.3. The Morgan fingerprint density at radius 2 is 1.46 bits per heavy atom. The van der Waals surface area contributed by atoms with Gasteiger partial charge in [-0.25, -0.2) is 4.79 Å². The molecule has 0 saturated heterocycles. The molecule has 28 heavy (non-hydrogen) atoms. The van der Waals surface area contributed by atoms with Gasteiger partial charge in [-0.3, -0.25) is 24.0 Å². The van der Waals surface area contributed by atoms with Gasteiger partial charge in [0.25, 0.3) is 0 Å². The van der Waals surface area contributed by atoms with Crippen LogP contribution >= 0.6 is 0 Å². The molecule has 0 aliphatic carbocycles. The van der Waals surface area contributed by atoms with Crippen molar-refractivity contribution >= 4 is 35.6 Å². The number of nitrogens with one attached hydrogen (secondary N) is 3. The van der Waals surface area contributed by atoms with E-state index in [1.807, 2.05) is 10.6 Å². The maximum Gasteiger partial charge on any atom is 0.326 e. The van der Waals surface area contributed by atoms with Crippen molar-refractivity contribution in [2.75, 3.05) is 6.54 Å². The monoisotopic (exact) mass is 405 g/mol. The van der Waals surface area contributed by atoms with Gasteiger partial charge in [0.1, 0.15) is 18.1 Å². The number of rotatable bonds is 12. The van der Waals surface area contributed by atoms with Gasteiger partial charge in [-0.15, -0.1) is 0 Å². The summed E-state index contributed by atoms with van der Waals surface area (Å²) < 4.78 is 0. The smallest absolute Gasteiger partial charge is 0.326 e. The number of primary amides is 1. The third kappa shape index (κ3) is 8.91. The molecule has 0 aliphatic heterocycles. The molecule has 4 unspecified atom stereocenters. The first-order valence-electron chi connectivity index (χ1n) is 7.90. The predicted molar refractivity (Wildman–Crippen MR) is 90.2 cm³/mol. The van der Waals surface area contributed by atoms with E-state index in [1.165, 1.54) is 0 Å². The van der Waals surface area contributed by atoms with Crippen LogP contribution in [-0.4, -0.2) is 81.7 Å². The number of carbonyl (C=O) groups is 6. The second-order valence-corrected chi connectivity index (χ2v) is 5.72. The highest BCUT2D eigenvalue weighted by Crippen LogP contribution is 2.01. The van der Waals surface area contributed by atoms with Crippen molar-refractivity contribution in [2.24, 2.45) is 11.5 Å². The molecular formula is C14H23N5O9. The lowest BCUT2D eigenvalue weighted by atomic mass is 10.1. The lowest BCUT2D eigenvalue weighted by Gasteiger charge is -2.25.